The van der Waals surface area contributed by atoms with Gasteiger partial charge in [0.15, 0.2) is 0 Å². The zero-order valence-corrected chi connectivity index (χ0v) is 13.9. The van der Waals surface area contributed by atoms with Crippen molar-refractivity contribution in [2.24, 2.45) is 0 Å². The summed E-state index contributed by atoms with van der Waals surface area (Å²) in [6, 6.07) is 3.26. The Labute approximate surface area is 131 Å². The summed E-state index contributed by atoms with van der Waals surface area (Å²) in [5, 5.41) is 3.29. The minimum atomic E-state index is -3.70. The van der Waals surface area contributed by atoms with Gasteiger partial charge in [-0.15, -0.1) is 0 Å². The maximum absolute atomic E-state index is 12.4. The highest BCUT2D eigenvalue weighted by Crippen LogP contribution is 2.14. The predicted molar refractivity (Wildman–Crippen MR) is 82.7 cm³/mol. The minimum Gasteiger partial charge on any atom is -0.336 e. The van der Waals surface area contributed by atoms with E-state index in [4.69, 9.17) is 0 Å². The van der Waals surface area contributed by atoms with E-state index >= 15 is 0 Å². The molecule has 0 spiro atoms. The van der Waals surface area contributed by atoms with Crippen molar-refractivity contribution in [3.63, 3.8) is 0 Å². The molecule has 0 aliphatic carbocycles. The highest BCUT2D eigenvalue weighted by molar-refractivity contribution is 7.89. The van der Waals surface area contributed by atoms with Crippen molar-refractivity contribution in [3.05, 3.63) is 24.5 Å². The number of sulfonamides is 1. The van der Waals surface area contributed by atoms with Crippen LogP contribution >= 0.6 is 0 Å². The van der Waals surface area contributed by atoms with Gasteiger partial charge < -0.3 is 10.2 Å². The summed E-state index contributed by atoms with van der Waals surface area (Å²) in [5.41, 5.74) is 0. The second-order valence-corrected chi connectivity index (χ2v) is 7.57. The van der Waals surface area contributed by atoms with E-state index in [1.54, 1.807) is 11.0 Å². The normalized spacial score (nSPS) is 22.8. The molecule has 1 N–H and O–H groups in total. The number of amides is 1. The number of pyridine rings is 1. The Hall–Kier alpha value is -1.51. The third kappa shape index (κ3) is 3.45. The highest BCUT2D eigenvalue weighted by Gasteiger charge is 2.31. The van der Waals surface area contributed by atoms with E-state index in [0.717, 1.165) is 10.8 Å². The van der Waals surface area contributed by atoms with Gasteiger partial charge in [0.05, 0.1) is 6.54 Å². The Bertz CT molecular complexity index is 620. The van der Waals surface area contributed by atoms with Crippen molar-refractivity contribution in [1.29, 1.82) is 0 Å². The van der Waals surface area contributed by atoms with Crippen molar-refractivity contribution in [2.75, 3.05) is 26.7 Å². The summed E-state index contributed by atoms with van der Waals surface area (Å²) in [4.78, 5) is 18.1. The van der Waals surface area contributed by atoms with Gasteiger partial charge in [-0.05, 0) is 26.0 Å². The van der Waals surface area contributed by atoms with Crippen molar-refractivity contribution in [3.8, 4) is 0 Å². The number of hydrogen-bond acceptors (Lipinski definition) is 5. The lowest BCUT2D eigenvalue weighted by Crippen LogP contribution is -2.58. The van der Waals surface area contributed by atoms with E-state index in [1.165, 1.54) is 25.5 Å². The van der Waals surface area contributed by atoms with Crippen molar-refractivity contribution in [1.82, 2.24) is 19.5 Å². The fourth-order valence-electron chi connectivity index (χ4n) is 2.45. The molecule has 1 aliphatic heterocycles. The summed E-state index contributed by atoms with van der Waals surface area (Å²) in [5.74, 6) is -0.184. The van der Waals surface area contributed by atoms with Crippen LogP contribution in [-0.2, 0) is 14.8 Å². The first-order valence-electron chi connectivity index (χ1n) is 7.23. The Morgan fingerprint density at radius 3 is 2.86 bits per heavy atom. The standard InChI is InChI=1S/C14H22N4O3S/c1-11-12(2)18(8-7-16-11)14(19)10-17(3)22(20,21)13-5-4-6-15-9-13/h4-6,9,11-12,16H,7-8,10H2,1-3H3. The molecule has 2 atom stereocenters. The summed E-state index contributed by atoms with van der Waals surface area (Å²) in [6.45, 7) is 5.11. The van der Waals surface area contributed by atoms with Crippen LogP contribution in [-0.4, -0.2) is 67.3 Å². The molecule has 1 saturated heterocycles. The monoisotopic (exact) mass is 326 g/mol. The van der Waals surface area contributed by atoms with Crippen LogP contribution < -0.4 is 5.32 Å². The fourth-order valence-corrected chi connectivity index (χ4v) is 3.54. The van der Waals surface area contributed by atoms with Gasteiger partial charge in [-0.25, -0.2) is 8.42 Å². The molecule has 1 amide bonds. The van der Waals surface area contributed by atoms with Gasteiger partial charge in [0, 0.05) is 44.6 Å². The third-order valence-electron chi connectivity index (χ3n) is 4.06. The molecule has 1 aromatic heterocycles. The number of nitrogens with one attached hydrogen (secondary N) is 1. The van der Waals surface area contributed by atoms with E-state index in [-0.39, 0.29) is 29.4 Å². The van der Waals surface area contributed by atoms with Gasteiger partial charge in [-0.1, -0.05) is 0 Å². The number of nitrogens with zero attached hydrogens (tertiary/aromatic N) is 3. The predicted octanol–water partition coefficient (Wildman–Crippen LogP) is -0.0891. The van der Waals surface area contributed by atoms with E-state index < -0.39 is 10.0 Å². The number of aromatic nitrogens is 1. The Balaban J connectivity index is 2.08. The summed E-state index contributed by atoms with van der Waals surface area (Å²) >= 11 is 0. The number of likely N-dealkylation sites (N-methyl/N-ethyl adjacent to an activating group) is 1. The Morgan fingerprint density at radius 2 is 2.23 bits per heavy atom. The Morgan fingerprint density at radius 1 is 1.50 bits per heavy atom. The summed E-state index contributed by atoms with van der Waals surface area (Å²) in [6.07, 6.45) is 2.79. The van der Waals surface area contributed by atoms with Crippen LogP contribution in [0.4, 0.5) is 0 Å². The lowest BCUT2D eigenvalue weighted by Gasteiger charge is -2.39. The smallest absolute Gasteiger partial charge is 0.244 e. The quantitative estimate of drug-likeness (QED) is 0.836. The van der Waals surface area contributed by atoms with Gasteiger partial charge in [0.1, 0.15) is 4.90 Å². The topological polar surface area (TPSA) is 82.6 Å². The highest BCUT2D eigenvalue weighted by atomic mass is 32.2. The number of piperazine rings is 1. The van der Waals surface area contributed by atoms with Crippen LogP contribution in [0.1, 0.15) is 13.8 Å². The first kappa shape index (κ1) is 16.9. The van der Waals surface area contributed by atoms with Crippen molar-refractivity contribution >= 4 is 15.9 Å². The molecule has 0 saturated carbocycles. The van der Waals surface area contributed by atoms with Gasteiger partial charge in [0.2, 0.25) is 15.9 Å². The fraction of sp³-hybridized carbons (Fsp3) is 0.571. The van der Waals surface area contributed by atoms with E-state index in [2.05, 4.69) is 10.3 Å². The number of hydrogen-bond donors (Lipinski definition) is 1. The van der Waals surface area contributed by atoms with E-state index in [1.807, 2.05) is 13.8 Å². The Kier molecular flexibility index (Phi) is 5.15. The van der Waals surface area contributed by atoms with Gasteiger partial charge in [0.25, 0.3) is 0 Å². The SMILES string of the molecule is CC1NCCN(C(=O)CN(C)S(=O)(=O)c2cccnc2)C1C. The molecule has 2 heterocycles. The molecule has 122 valence electrons. The first-order chi connectivity index (χ1) is 10.3. The second kappa shape index (κ2) is 6.72. The molecule has 0 aromatic carbocycles. The van der Waals surface area contributed by atoms with Gasteiger partial charge in [-0.3, -0.25) is 9.78 Å². The molecular formula is C14H22N4O3S. The van der Waals surface area contributed by atoms with Crippen molar-refractivity contribution in [2.45, 2.75) is 30.8 Å². The molecule has 1 aliphatic rings. The largest absolute Gasteiger partial charge is 0.336 e. The molecule has 2 rings (SSSR count). The van der Waals surface area contributed by atoms with Gasteiger partial charge in [-0.2, -0.15) is 4.31 Å². The number of carbonyl (C=O) groups is 1. The average molecular weight is 326 g/mol. The average Bonchev–Trinajstić information content (AvgIpc) is 2.50. The van der Waals surface area contributed by atoms with Crippen LogP contribution in [0.3, 0.4) is 0 Å². The van der Waals surface area contributed by atoms with Crippen LogP contribution in [0.5, 0.6) is 0 Å². The molecule has 8 heteroatoms. The number of rotatable bonds is 4. The van der Waals surface area contributed by atoms with Crippen LogP contribution in [0.2, 0.25) is 0 Å². The van der Waals surface area contributed by atoms with Crippen LogP contribution in [0.25, 0.3) is 0 Å². The molecule has 2 unspecified atom stereocenters. The van der Waals surface area contributed by atoms with Crippen molar-refractivity contribution < 1.29 is 13.2 Å². The molecule has 0 radical (unpaired) electrons. The summed E-state index contributed by atoms with van der Waals surface area (Å²) in [7, 11) is -2.28. The zero-order chi connectivity index (χ0) is 16.3. The molecular weight excluding hydrogens is 304 g/mol. The van der Waals surface area contributed by atoms with E-state index in [9.17, 15) is 13.2 Å². The minimum absolute atomic E-state index is 0.0377. The lowest BCUT2D eigenvalue weighted by atomic mass is 10.1. The zero-order valence-electron chi connectivity index (χ0n) is 13.1. The third-order valence-corrected chi connectivity index (χ3v) is 5.84. The molecule has 0 bridgehead atoms. The maximum Gasteiger partial charge on any atom is 0.244 e. The van der Waals surface area contributed by atoms with Crippen LogP contribution in [0.15, 0.2) is 29.4 Å². The molecule has 7 nitrogen and oxygen atoms in total. The first-order valence-corrected chi connectivity index (χ1v) is 8.67. The lowest BCUT2D eigenvalue weighted by molar-refractivity contribution is -0.134. The molecule has 22 heavy (non-hydrogen) atoms. The van der Waals surface area contributed by atoms with E-state index in [0.29, 0.717) is 6.54 Å². The maximum atomic E-state index is 12.4. The molecule has 1 fully saturated rings. The second-order valence-electron chi connectivity index (χ2n) is 5.52. The van der Waals surface area contributed by atoms with Gasteiger partial charge >= 0.3 is 0 Å². The summed E-state index contributed by atoms with van der Waals surface area (Å²) < 4.78 is 25.9. The van der Waals surface area contributed by atoms with Crippen LogP contribution in [0, 0.1) is 0 Å². The number of carbonyl (C=O) groups excluding carboxylic acids is 1. The molecule has 1 aromatic rings.